The normalized spacial score (nSPS) is 22.2. The van der Waals surface area contributed by atoms with Crippen LogP contribution < -0.4 is 4.90 Å². The molecule has 1 aromatic rings. The van der Waals surface area contributed by atoms with Gasteiger partial charge in [0, 0.05) is 19.0 Å². The molecule has 1 unspecified atom stereocenters. The molecule has 0 bridgehead atoms. The summed E-state index contributed by atoms with van der Waals surface area (Å²) < 4.78 is 23.1. The van der Waals surface area contributed by atoms with Gasteiger partial charge < -0.3 is 4.90 Å². The lowest BCUT2D eigenvalue weighted by atomic mass is 10.2. The third-order valence-corrected chi connectivity index (χ3v) is 5.15. The topological polar surface area (TPSA) is 67.3 Å². The van der Waals surface area contributed by atoms with Gasteiger partial charge in [0.1, 0.15) is 5.69 Å². The minimum absolute atomic E-state index is 0.0146. The van der Waals surface area contributed by atoms with Crippen molar-refractivity contribution in [1.82, 2.24) is 4.98 Å². The van der Waals surface area contributed by atoms with Crippen molar-refractivity contribution in [2.24, 2.45) is 0 Å². The molecule has 0 radical (unpaired) electrons. The fourth-order valence-electron chi connectivity index (χ4n) is 2.28. The fourth-order valence-corrected chi connectivity index (χ4v) is 3.84. The standard InChI is InChI=1S/C13H18N2O3S/c1-3-13(16)12-5-4-11(8-14-12)15-6-7-19(17,18)9-10(15)2/h4-5,8,10H,3,6-7,9H2,1-2H3. The number of Topliss-reactive ketones (excluding diaryl/α,β-unsaturated/α-hetero) is 1. The first kappa shape index (κ1) is 14.0. The molecule has 19 heavy (non-hydrogen) atoms. The number of rotatable bonds is 3. The van der Waals surface area contributed by atoms with Gasteiger partial charge >= 0.3 is 0 Å². The Balaban J connectivity index is 2.17. The van der Waals surface area contributed by atoms with E-state index in [-0.39, 0.29) is 23.3 Å². The quantitative estimate of drug-likeness (QED) is 0.782. The first-order valence-corrected chi connectivity index (χ1v) is 8.21. The average molecular weight is 282 g/mol. The summed E-state index contributed by atoms with van der Waals surface area (Å²) in [6, 6.07) is 3.48. The van der Waals surface area contributed by atoms with Gasteiger partial charge in [-0.15, -0.1) is 0 Å². The van der Waals surface area contributed by atoms with Crippen molar-refractivity contribution in [3.05, 3.63) is 24.0 Å². The van der Waals surface area contributed by atoms with Gasteiger partial charge in [0.2, 0.25) is 0 Å². The second kappa shape index (κ2) is 5.28. The van der Waals surface area contributed by atoms with E-state index >= 15 is 0 Å². The summed E-state index contributed by atoms with van der Waals surface area (Å²) in [5, 5.41) is 0. The van der Waals surface area contributed by atoms with Crippen molar-refractivity contribution in [1.29, 1.82) is 0 Å². The zero-order valence-electron chi connectivity index (χ0n) is 11.2. The second-order valence-electron chi connectivity index (χ2n) is 4.84. The Hall–Kier alpha value is -1.43. The van der Waals surface area contributed by atoms with Crippen LogP contribution in [-0.4, -0.2) is 43.3 Å². The molecule has 0 saturated carbocycles. The van der Waals surface area contributed by atoms with Crippen LogP contribution in [0.5, 0.6) is 0 Å². The van der Waals surface area contributed by atoms with Gasteiger partial charge in [-0.2, -0.15) is 0 Å². The Bertz CT molecular complexity index is 566. The summed E-state index contributed by atoms with van der Waals surface area (Å²) in [5.41, 5.74) is 1.33. The number of hydrogen-bond donors (Lipinski definition) is 0. The maximum atomic E-state index is 11.5. The first-order valence-electron chi connectivity index (χ1n) is 6.39. The average Bonchev–Trinajstić information content (AvgIpc) is 2.37. The highest BCUT2D eigenvalue weighted by atomic mass is 32.2. The molecule has 104 valence electrons. The molecule has 1 saturated heterocycles. The molecule has 0 aromatic carbocycles. The van der Waals surface area contributed by atoms with Gasteiger partial charge in [-0.3, -0.25) is 9.78 Å². The van der Waals surface area contributed by atoms with E-state index in [1.807, 2.05) is 17.9 Å². The lowest BCUT2D eigenvalue weighted by molar-refractivity contribution is 0.0983. The number of carbonyl (C=O) groups is 1. The molecule has 1 aliphatic heterocycles. The summed E-state index contributed by atoms with van der Waals surface area (Å²) >= 11 is 0. The summed E-state index contributed by atoms with van der Waals surface area (Å²) in [7, 11) is -2.91. The van der Waals surface area contributed by atoms with Gasteiger partial charge in [0.05, 0.1) is 23.4 Å². The van der Waals surface area contributed by atoms with Crippen LogP contribution >= 0.6 is 0 Å². The van der Waals surface area contributed by atoms with Gasteiger partial charge in [-0.05, 0) is 19.1 Å². The molecule has 5 nitrogen and oxygen atoms in total. The van der Waals surface area contributed by atoms with Crippen molar-refractivity contribution in [3.8, 4) is 0 Å². The van der Waals surface area contributed by atoms with Crippen LogP contribution in [0.15, 0.2) is 18.3 Å². The molecule has 0 amide bonds. The molecule has 0 aliphatic carbocycles. The van der Waals surface area contributed by atoms with E-state index in [1.54, 1.807) is 19.2 Å². The number of ketones is 1. The number of hydrogen-bond acceptors (Lipinski definition) is 5. The highest BCUT2D eigenvalue weighted by Gasteiger charge is 2.28. The summed E-state index contributed by atoms with van der Waals surface area (Å²) in [5.74, 6) is 0.358. The van der Waals surface area contributed by atoms with Crippen LogP contribution in [-0.2, 0) is 9.84 Å². The van der Waals surface area contributed by atoms with E-state index in [9.17, 15) is 13.2 Å². The van der Waals surface area contributed by atoms with Crippen LogP contribution in [0.4, 0.5) is 5.69 Å². The van der Waals surface area contributed by atoms with Crippen LogP contribution in [0.1, 0.15) is 30.8 Å². The smallest absolute Gasteiger partial charge is 0.180 e. The van der Waals surface area contributed by atoms with Crippen LogP contribution in [0, 0.1) is 0 Å². The number of pyridine rings is 1. The minimum atomic E-state index is -2.91. The predicted molar refractivity (Wildman–Crippen MR) is 74.3 cm³/mol. The molecular formula is C13H18N2O3S. The van der Waals surface area contributed by atoms with Crippen molar-refractivity contribution >= 4 is 21.3 Å². The highest BCUT2D eigenvalue weighted by molar-refractivity contribution is 7.91. The lowest BCUT2D eigenvalue weighted by Gasteiger charge is -2.34. The molecule has 1 atom stereocenters. The molecular weight excluding hydrogens is 264 g/mol. The molecule has 1 aliphatic rings. The van der Waals surface area contributed by atoms with Gasteiger partial charge in [-0.25, -0.2) is 8.42 Å². The number of aromatic nitrogens is 1. The first-order chi connectivity index (χ1) is 8.93. The second-order valence-corrected chi connectivity index (χ2v) is 7.06. The maximum absolute atomic E-state index is 11.5. The molecule has 1 fully saturated rings. The van der Waals surface area contributed by atoms with Crippen LogP contribution in [0.25, 0.3) is 0 Å². The van der Waals surface area contributed by atoms with Gasteiger partial charge in [-0.1, -0.05) is 6.92 Å². The van der Waals surface area contributed by atoms with E-state index in [2.05, 4.69) is 4.98 Å². The Morgan fingerprint density at radius 3 is 2.74 bits per heavy atom. The third kappa shape index (κ3) is 3.12. The number of anilines is 1. The number of nitrogens with zero attached hydrogens (tertiary/aromatic N) is 2. The van der Waals surface area contributed by atoms with E-state index in [0.29, 0.717) is 18.7 Å². The zero-order valence-corrected chi connectivity index (χ0v) is 12.0. The van der Waals surface area contributed by atoms with E-state index in [4.69, 9.17) is 0 Å². The molecule has 0 N–H and O–H groups in total. The summed E-state index contributed by atoms with van der Waals surface area (Å²) in [4.78, 5) is 17.7. The van der Waals surface area contributed by atoms with Crippen molar-refractivity contribution in [3.63, 3.8) is 0 Å². The Morgan fingerprint density at radius 1 is 1.47 bits per heavy atom. The lowest BCUT2D eigenvalue weighted by Crippen LogP contribution is -2.47. The third-order valence-electron chi connectivity index (χ3n) is 3.36. The molecule has 1 aromatic heterocycles. The van der Waals surface area contributed by atoms with Crippen molar-refractivity contribution < 1.29 is 13.2 Å². The van der Waals surface area contributed by atoms with Crippen molar-refractivity contribution in [2.45, 2.75) is 26.3 Å². The van der Waals surface area contributed by atoms with E-state index in [1.165, 1.54) is 0 Å². The van der Waals surface area contributed by atoms with Crippen LogP contribution in [0.3, 0.4) is 0 Å². The highest BCUT2D eigenvalue weighted by Crippen LogP contribution is 2.21. The zero-order chi connectivity index (χ0) is 14.0. The Labute approximate surface area is 113 Å². The Kier molecular flexibility index (Phi) is 3.89. The fraction of sp³-hybridized carbons (Fsp3) is 0.538. The predicted octanol–water partition coefficient (Wildman–Crippen LogP) is 1.30. The SMILES string of the molecule is CCC(=O)c1ccc(N2CCS(=O)(=O)CC2C)cn1. The monoisotopic (exact) mass is 282 g/mol. The number of carbonyl (C=O) groups excluding carboxylic acids is 1. The summed E-state index contributed by atoms with van der Waals surface area (Å²) in [6.45, 7) is 4.17. The summed E-state index contributed by atoms with van der Waals surface area (Å²) in [6.07, 6.45) is 2.09. The van der Waals surface area contributed by atoms with E-state index < -0.39 is 9.84 Å². The van der Waals surface area contributed by atoms with Crippen LogP contribution in [0.2, 0.25) is 0 Å². The molecule has 0 spiro atoms. The van der Waals surface area contributed by atoms with Gasteiger partial charge in [0.15, 0.2) is 15.6 Å². The Morgan fingerprint density at radius 2 is 2.21 bits per heavy atom. The molecule has 2 rings (SSSR count). The minimum Gasteiger partial charge on any atom is -0.366 e. The van der Waals surface area contributed by atoms with E-state index in [0.717, 1.165) is 5.69 Å². The maximum Gasteiger partial charge on any atom is 0.180 e. The molecule has 2 heterocycles. The molecule has 6 heteroatoms. The largest absolute Gasteiger partial charge is 0.366 e. The van der Waals surface area contributed by atoms with Crippen molar-refractivity contribution in [2.75, 3.05) is 23.0 Å². The van der Waals surface area contributed by atoms with Gasteiger partial charge in [0.25, 0.3) is 0 Å². The number of sulfone groups is 1.